The van der Waals surface area contributed by atoms with Crippen molar-refractivity contribution in [3.05, 3.63) is 29.3 Å². The second-order valence-corrected chi connectivity index (χ2v) is 4.27. The van der Waals surface area contributed by atoms with Crippen LogP contribution in [0, 0.1) is 0 Å². The first-order valence-electron chi connectivity index (χ1n) is 5.79. The molecule has 0 aromatic heterocycles. The molecule has 1 aliphatic heterocycles. The minimum atomic E-state index is -0.735. The number of carboxylic acid groups (broad SMARTS) is 1. The number of benzene rings is 1. The molecule has 0 saturated heterocycles. The maximum absolute atomic E-state index is 10.5. The highest BCUT2D eigenvalue weighted by atomic mass is 35.5. The predicted octanol–water partition coefficient (Wildman–Crippen LogP) is 1.95. The quantitative estimate of drug-likeness (QED) is 0.909. The molecule has 0 amide bonds. The van der Waals surface area contributed by atoms with E-state index in [9.17, 15) is 4.79 Å². The van der Waals surface area contributed by atoms with Crippen LogP contribution in [-0.4, -0.2) is 36.2 Å². The zero-order valence-electron chi connectivity index (χ0n) is 10.4. The molecule has 1 heterocycles. The summed E-state index contributed by atoms with van der Waals surface area (Å²) in [5.41, 5.74) is 2.52. The number of halogens is 1. The van der Waals surface area contributed by atoms with Gasteiger partial charge in [0.1, 0.15) is 5.75 Å². The number of ether oxygens (including phenoxy) is 1. The van der Waals surface area contributed by atoms with Gasteiger partial charge < -0.3 is 9.84 Å². The summed E-state index contributed by atoms with van der Waals surface area (Å²) in [7, 11) is 1.69. The van der Waals surface area contributed by atoms with Crippen molar-refractivity contribution < 1.29 is 14.6 Å². The Balaban J connectivity index is 0.00000162. The van der Waals surface area contributed by atoms with E-state index in [4.69, 9.17) is 9.84 Å². The van der Waals surface area contributed by atoms with Crippen molar-refractivity contribution in [1.29, 1.82) is 0 Å². The zero-order valence-corrected chi connectivity index (χ0v) is 11.2. The molecular formula is C13H18ClNO3. The van der Waals surface area contributed by atoms with Gasteiger partial charge >= 0.3 is 5.97 Å². The largest absolute Gasteiger partial charge is 0.496 e. The summed E-state index contributed by atoms with van der Waals surface area (Å²) in [6.45, 7) is 2.34. The van der Waals surface area contributed by atoms with E-state index in [0.717, 1.165) is 25.3 Å². The molecule has 0 spiro atoms. The van der Waals surface area contributed by atoms with E-state index in [2.05, 4.69) is 11.0 Å². The minimum absolute atomic E-state index is 0. The average molecular weight is 272 g/mol. The van der Waals surface area contributed by atoms with Crippen LogP contribution in [0.1, 0.15) is 17.5 Å². The van der Waals surface area contributed by atoms with Gasteiger partial charge in [-0.25, -0.2) is 0 Å². The highest BCUT2D eigenvalue weighted by Gasteiger charge is 2.19. The number of fused-ring (bicyclic) bond motifs is 1. The van der Waals surface area contributed by atoms with Crippen molar-refractivity contribution in [1.82, 2.24) is 4.90 Å². The minimum Gasteiger partial charge on any atom is -0.496 e. The van der Waals surface area contributed by atoms with Crippen molar-refractivity contribution in [3.8, 4) is 5.75 Å². The number of carboxylic acids is 1. The summed E-state index contributed by atoms with van der Waals surface area (Å²) in [5.74, 6) is 0.210. The van der Waals surface area contributed by atoms with Crippen molar-refractivity contribution >= 4 is 18.4 Å². The van der Waals surface area contributed by atoms with Crippen molar-refractivity contribution in [3.63, 3.8) is 0 Å². The lowest BCUT2D eigenvalue weighted by molar-refractivity contribution is -0.137. The van der Waals surface area contributed by atoms with Crippen LogP contribution in [0.25, 0.3) is 0 Å². The molecular weight excluding hydrogens is 254 g/mol. The lowest BCUT2D eigenvalue weighted by Crippen LogP contribution is -2.32. The van der Waals surface area contributed by atoms with Gasteiger partial charge in [-0.3, -0.25) is 9.69 Å². The van der Waals surface area contributed by atoms with E-state index in [1.54, 1.807) is 7.11 Å². The molecule has 0 saturated carbocycles. The normalized spacial score (nSPS) is 14.5. The first-order chi connectivity index (χ1) is 8.20. The molecule has 1 aromatic carbocycles. The van der Waals surface area contributed by atoms with Crippen molar-refractivity contribution in [2.24, 2.45) is 0 Å². The number of hydrogen-bond acceptors (Lipinski definition) is 3. The van der Waals surface area contributed by atoms with Gasteiger partial charge in [0, 0.05) is 19.6 Å². The molecule has 18 heavy (non-hydrogen) atoms. The van der Waals surface area contributed by atoms with Gasteiger partial charge in [-0.2, -0.15) is 0 Å². The number of methoxy groups -OCH3 is 1. The predicted molar refractivity (Wildman–Crippen MR) is 71.5 cm³/mol. The number of rotatable bonds is 4. The zero-order chi connectivity index (χ0) is 12.3. The van der Waals surface area contributed by atoms with Crippen LogP contribution in [0.3, 0.4) is 0 Å². The molecule has 1 aromatic rings. The summed E-state index contributed by atoms with van der Waals surface area (Å²) in [5, 5.41) is 8.67. The number of carbonyl (C=O) groups is 1. The maximum atomic E-state index is 10.5. The average Bonchev–Trinajstić information content (AvgIpc) is 2.35. The van der Waals surface area contributed by atoms with Gasteiger partial charge in [-0.1, -0.05) is 12.1 Å². The van der Waals surface area contributed by atoms with Gasteiger partial charge in [-0.05, 0) is 23.6 Å². The van der Waals surface area contributed by atoms with Crippen LogP contribution < -0.4 is 4.74 Å². The van der Waals surface area contributed by atoms with E-state index in [1.165, 1.54) is 11.1 Å². The summed E-state index contributed by atoms with van der Waals surface area (Å²) in [6, 6.07) is 6.05. The fourth-order valence-corrected chi connectivity index (χ4v) is 2.27. The highest BCUT2D eigenvalue weighted by Crippen LogP contribution is 2.27. The standard InChI is InChI=1S/C13H17NO3.ClH/c1-17-12-4-2-3-10-9-14(7-5-11(10)12)8-6-13(15)16;/h2-4H,5-9H2,1H3,(H,15,16);1H. The molecule has 0 aliphatic carbocycles. The Morgan fingerprint density at radius 3 is 2.94 bits per heavy atom. The molecule has 0 radical (unpaired) electrons. The Hall–Kier alpha value is -1.26. The van der Waals surface area contributed by atoms with E-state index in [1.807, 2.05) is 12.1 Å². The third kappa shape index (κ3) is 3.37. The summed E-state index contributed by atoms with van der Waals surface area (Å²) in [6.07, 6.45) is 1.14. The van der Waals surface area contributed by atoms with E-state index < -0.39 is 5.97 Å². The Bertz CT molecular complexity index is 423. The van der Waals surface area contributed by atoms with Crippen LogP contribution in [0.2, 0.25) is 0 Å². The fraction of sp³-hybridized carbons (Fsp3) is 0.462. The molecule has 1 N–H and O–H groups in total. The van der Waals surface area contributed by atoms with E-state index in [0.29, 0.717) is 6.54 Å². The van der Waals surface area contributed by atoms with Gasteiger partial charge in [0.2, 0.25) is 0 Å². The Kier molecular flexibility index (Phi) is 5.44. The van der Waals surface area contributed by atoms with Crippen LogP contribution >= 0.6 is 12.4 Å². The number of hydrogen-bond donors (Lipinski definition) is 1. The smallest absolute Gasteiger partial charge is 0.304 e. The highest BCUT2D eigenvalue weighted by molar-refractivity contribution is 5.85. The summed E-state index contributed by atoms with van der Waals surface area (Å²) >= 11 is 0. The summed E-state index contributed by atoms with van der Waals surface area (Å²) in [4.78, 5) is 12.7. The number of nitrogens with zero attached hydrogens (tertiary/aromatic N) is 1. The Labute approximate surface area is 113 Å². The topological polar surface area (TPSA) is 49.8 Å². The Morgan fingerprint density at radius 1 is 1.50 bits per heavy atom. The first kappa shape index (κ1) is 14.8. The molecule has 1 aliphatic rings. The fourth-order valence-electron chi connectivity index (χ4n) is 2.27. The molecule has 100 valence electrons. The monoisotopic (exact) mass is 271 g/mol. The van der Waals surface area contributed by atoms with Gasteiger partial charge in [0.05, 0.1) is 13.5 Å². The van der Waals surface area contributed by atoms with Gasteiger partial charge in [0.25, 0.3) is 0 Å². The van der Waals surface area contributed by atoms with Crippen molar-refractivity contribution in [2.75, 3.05) is 20.2 Å². The summed E-state index contributed by atoms with van der Waals surface area (Å²) < 4.78 is 5.33. The lowest BCUT2D eigenvalue weighted by atomic mass is 9.98. The molecule has 0 atom stereocenters. The van der Waals surface area contributed by atoms with Crippen LogP contribution in [-0.2, 0) is 17.8 Å². The van der Waals surface area contributed by atoms with Crippen LogP contribution in [0.15, 0.2) is 18.2 Å². The third-order valence-corrected chi connectivity index (χ3v) is 3.16. The van der Waals surface area contributed by atoms with Crippen LogP contribution in [0.5, 0.6) is 5.75 Å². The SMILES string of the molecule is COc1cccc2c1CCN(CCC(=O)O)C2.Cl. The van der Waals surface area contributed by atoms with Crippen molar-refractivity contribution in [2.45, 2.75) is 19.4 Å². The molecule has 4 nitrogen and oxygen atoms in total. The second kappa shape index (κ2) is 6.61. The van der Waals surface area contributed by atoms with Crippen LogP contribution in [0.4, 0.5) is 0 Å². The molecule has 0 bridgehead atoms. The number of aliphatic carboxylic acids is 1. The van der Waals surface area contributed by atoms with Gasteiger partial charge in [0.15, 0.2) is 0 Å². The molecule has 5 heteroatoms. The molecule has 0 unspecified atom stereocenters. The molecule has 2 rings (SSSR count). The first-order valence-corrected chi connectivity index (χ1v) is 5.79. The lowest BCUT2D eigenvalue weighted by Gasteiger charge is -2.29. The van der Waals surface area contributed by atoms with Gasteiger partial charge in [-0.15, -0.1) is 12.4 Å². The third-order valence-electron chi connectivity index (χ3n) is 3.16. The maximum Gasteiger partial charge on any atom is 0.304 e. The second-order valence-electron chi connectivity index (χ2n) is 4.27. The van der Waals surface area contributed by atoms with E-state index in [-0.39, 0.29) is 18.8 Å². The molecule has 0 fully saturated rings. The Morgan fingerprint density at radius 2 is 2.28 bits per heavy atom. The van der Waals surface area contributed by atoms with E-state index >= 15 is 0 Å².